The quantitative estimate of drug-likeness (QED) is 0.698. The third-order valence-electron chi connectivity index (χ3n) is 4.26. The van der Waals surface area contributed by atoms with E-state index < -0.39 is 0 Å². The highest BCUT2D eigenvalue weighted by atomic mass is 79.9. The molecule has 2 aromatic rings. The van der Waals surface area contributed by atoms with Crippen molar-refractivity contribution in [2.24, 2.45) is 0 Å². The molecule has 0 bridgehead atoms. The molecule has 1 heteroatoms. The van der Waals surface area contributed by atoms with E-state index in [1.165, 1.54) is 56.4 Å². The molecule has 0 saturated heterocycles. The number of hydrogen-bond acceptors (Lipinski definition) is 0. The number of halogens is 1. The van der Waals surface area contributed by atoms with Gasteiger partial charge in [0.25, 0.3) is 0 Å². The van der Waals surface area contributed by atoms with Crippen molar-refractivity contribution in [1.29, 1.82) is 0 Å². The largest absolute Gasteiger partial charge is 0.0764 e. The molecule has 4 rings (SSSR count). The highest BCUT2D eigenvalue weighted by molar-refractivity contribution is 9.10. The van der Waals surface area contributed by atoms with E-state index in [-0.39, 0.29) is 0 Å². The molecule has 0 amide bonds. The monoisotopic (exact) mass is 310 g/mol. The van der Waals surface area contributed by atoms with Gasteiger partial charge in [0.1, 0.15) is 0 Å². The summed E-state index contributed by atoms with van der Waals surface area (Å²) >= 11 is 3.60. The molecular formula is C18H15Br. The Bertz CT molecular complexity index is 784. The maximum atomic E-state index is 3.60. The molecule has 0 spiro atoms. The maximum absolute atomic E-state index is 3.60. The van der Waals surface area contributed by atoms with Crippen LogP contribution in [0.2, 0.25) is 0 Å². The van der Waals surface area contributed by atoms with Gasteiger partial charge in [0.05, 0.1) is 0 Å². The van der Waals surface area contributed by atoms with E-state index in [4.69, 9.17) is 0 Å². The molecule has 0 heterocycles. The van der Waals surface area contributed by atoms with E-state index in [1.807, 2.05) is 0 Å². The van der Waals surface area contributed by atoms with Crippen LogP contribution >= 0.6 is 15.9 Å². The van der Waals surface area contributed by atoms with Crippen molar-refractivity contribution < 1.29 is 0 Å². The lowest BCUT2D eigenvalue weighted by molar-refractivity contribution is 0.834. The van der Waals surface area contributed by atoms with Gasteiger partial charge in [0, 0.05) is 4.47 Å². The second kappa shape index (κ2) is 4.35. The van der Waals surface area contributed by atoms with Crippen LogP contribution in [-0.4, -0.2) is 0 Å². The molecule has 19 heavy (non-hydrogen) atoms. The van der Waals surface area contributed by atoms with E-state index >= 15 is 0 Å². The summed E-state index contributed by atoms with van der Waals surface area (Å²) in [5.41, 5.74) is 5.76. The first kappa shape index (κ1) is 11.5. The number of aryl methyl sites for hydroxylation is 1. The fourth-order valence-electron chi connectivity index (χ4n) is 3.32. The summed E-state index contributed by atoms with van der Waals surface area (Å²) in [6.07, 6.45) is 9.65. The van der Waals surface area contributed by atoms with Crippen molar-refractivity contribution in [1.82, 2.24) is 0 Å². The van der Waals surface area contributed by atoms with Crippen LogP contribution in [0.3, 0.4) is 0 Å². The summed E-state index contributed by atoms with van der Waals surface area (Å²) in [5, 5.41) is 2.96. The summed E-state index contributed by atoms with van der Waals surface area (Å²) in [5.74, 6) is 0. The number of hydrogen-bond donors (Lipinski definition) is 0. The maximum Gasteiger partial charge on any atom is 0.0181 e. The Labute approximate surface area is 121 Å². The first-order valence-corrected chi connectivity index (χ1v) is 7.73. The molecule has 0 nitrogen and oxygen atoms in total. The number of benzene rings is 2. The second-order valence-corrected chi connectivity index (χ2v) is 6.32. The molecule has 0 aliphatic heterocycles. The van der Waals surface area contributed by atoms with Crippen LogP contribution in [0.4, 0.5) is 0 Å². The molecule has 94 valence electrons. The predicted molar refractivity (Wildman–Crippen MR) is 84.4 cm³/mol. The molecule has 0 saturated carbocycles. The normalized spacial score (nSPS) is 15.6. The lowest BCUT2D eigenvalue weighted by Crippen LogP contribution is -2.33. The van der Waals surface area contributed by atoms with E-state index in [9.17, 15) is 0 Å². The van der Waals surface area contributed by atoms with E-state index in [2.05, 4.69) is 58.4 Å². The lowest BCUT2D eigenvalue weighted by atomic mass is 9.87. The molecule has 0 aromatic heterocycles. The topological polar surface area (TPSA) is 0 Å². The van der Waals surface area contributed by atoms with Gasteiger partial charge in [-0.2, -0.15) is 0 Å². The van der Waals surface area contributed by atoms with Gasteiger partial charge in [-0.15, -0.1) is 0 Å². The Hall–Kier alpha value is -1.34. The summed E-state index contributed by atoms with van der Waals surface area (Å²) < 4.78 is 1.17. The molecule has 2 aliphatic rings. The van der Waals surface area contributed by atoms with Crippen LogP contribution in [0.25, 0.3) is 23.3 Å². The number of rotatable bonds is 0. The van der Waals surface area contributed by atoms with Gasteiger partial charge in [-0.25, -0.2) is 0 Å². The first-order chi connectivity index (χ1) is 9.33. The summed E-state index contributed by atoms with van der Waals surface area (Å²) in [6, 6.07) is 11.3. The minimum atomic E-state index is 1.06. The van der Waals surface area contributed by atoms with Gasteiger partial charge in [-0.1, -0.05) is 46.3 Å². The SMILES string of the molecule is Brc1ccc2c(c1)-c1ccc3c(c1=CC2)=CCCC3. The molecule has 2 aliphatic carbocycles. The summed E-state index contributed by atoms with van der Waals surface area (Å²) in [6.45, 7) is 0. The van der Waals surface area contributed by atoms with Crippen molar-refractivity contribution in [3.8, 4) is 11.1 Å². The van der Waals surface area contributed by atoms with Crippen LogP contribution in [0.1, 0.15) is 24.0 Å². The van der Waals surface area contributed by atoms with Crippen molar-refractivity contribution in [2.45, 2.75) is 25.7 Å². The predicted octanol–water partition coefficient (Wildman–Crippen LogP) is 3.57. The van der Waals surface area contributed by atoms with E-state index in [1.54, 1.807) is 0 Å². The molecule has 0 N–H and O–H groups in total. The third-order valence-corrected chi connectivity index (χ3v) is 4.76. The average Bonchev–Trinajstić information content (AvgIpc) is 2.46. The van der Waals surface area contributed by atoms with Gasteiger partial charge in [-0.3, -0.25) is 0 Å². The Kier molecular flexibility index (Phi) is 2.63. The highest BCUT2D eigenvalue weighted by Gasteiger charge is 2.14. The molecule has 0 radical (unpaired) electrons. The van der Waals surface area contributed by atoms with Crippen LogP contribution in [-0.2, 0) is 12.8 Å². The van der Waals surface area contributed by atoms with Gasteiger partial charge in [0.2, 0.25) is 0 Å². The van der Waals surface area contributed by atoms with Gasteiger partial charge in [0.15, 0.2) is 0 Å². The van der Waals surface area contributed by atoms with Gasteiger partial charge < -0.3 is 0 Å². The molecule has 0 atom stereocenters. The van der Waals surface area contributed by atoms with Crippen molar-refractivity contribution in [2.75, 3.05) is 0 Å². The molecular weight excluding hydrogens is 296 g/mol. The zero-order valence-corrected chi connectivity index (χ0v) is 12.3. The Morgan fingerprint density at radius 2 is 1.74 bits per heavy atom. The summed E-state index contributed by atoms with van der Waals surface area (Å²) in [4.78, 5) is 0. The fourth-order valence-corrected chi connectivity index (χ4v) is 3.68. The third kappa shape index (κ3) is 1.80. The van der Waals surface area contributed by atoms with Gasteiger partial charge in [-0.05, 0) is 70.5 Å². The zero-order valence-electron chi connectivity index (χ0n) is 10.7. The minimum absolute atomic E-state index is 1.06. The van der Waals surface area contributed by atoms with Crippen molar-refractivity contribution in [3.63, 3.8) is 0 Å². The standard InChI is InChI=1S/C18H15Br/c19-14-8-5-13-7-9-16-15-4-2-1-3-12(15)6-10-17(16)18(13)11-14/h4-6,8-11H,1-3,7H2. The lowest BCUT2D eigenvalue weighted by Gasteiger charge is -2.18. The van der Waals surface area contributed by atoms with Crippen molar-refractivity contribution in [3.05, 3.63) is 56.4 Å². The van der Waals surface area contributed by atoms with E-state index in [0.717, 1.165) is 6.42 Å². The van der Waals surface area contributed by atoms with Crippen molar-refractivity contribution >= 4 is 28.1 Å². The fraction of sp³-hybridized carbons (Fsp3) is 0.222. The smallest absolute Gasteiger partial charge is 0.0181 e. The molecule has 0 fully saturated rings. The van der Waals surface area contributed by atoms with E-state index in [0.29, 0.717) is 0 Å². The molecule has 0 unspecified atom stereocenters. The van der Waals surface area contributed by atoms with Crippen LogP contribution in [0.15, 0.2) is 34.8 Å². The number of fused-ring (bicyclic) bond motifs is 5. The van der Waals surface area contributed by atoms with Crippen LogP contribution in [0, 0.1) is 0 Å². The Morgan fingerprint density at radius 3 is 2.68 bits per heavy atom. The Balaban J connectivity index is 2.07. The minimum Gasteiger partial charge on any atom is -0.0764 e. The second-order valence-electron chi connectivity index (χ2n) is 5.41. The highest BCUT2D eigenvalue weighted by Crippen LogP contribution is 2.28. The Morgan fingerprint density at radius 1 is 0.842 bits per heavy atom. The molecule has 2 aromatic carbocycles. The zero-order chi connectivity index (χ0) is 12.8. The van der Waals surface area contributed by atoms with Crippen LogP contribution < -0.4 is 10.4 Å². The average molecular weight is 311 g/mol. The van der Waals surface area contributed by atoms with Crippen LogP contribution in [0.5, 0.6) is 0 Å². The summed E-state index contributed by atoms with van der Waals surface area (Å²) in [7, 11) is 0. The first-order valence-electron chi connectivity index (χ1n) is 6.94. The van der Waals surface area contributed by atoms with Gasteiger partial charge >= 0.3 is 0 Å².